The molecule has 0 radical (unpaired) electrons. The lowest BCUT2D eigenvalue weighted by molar-refractivity contribution is -0.124. The molecule has 21 heavy (non-hydrogen) atoms. The van der Waals surface area contributed by atoms with E-state index in [1.54, 1.807) is 0 Å². The molecule has 0 spiro atoms. The Kier molecular flexibility index (Phi) is 5.33. The maximum Gasteiger partial charge on any atom is 0.230 e. The fourth-order valence-corrected chi connectivity index (χ4v) is 3.39. The van der Waals surface area contributed by atoms with Gasteiger partial charge in [0.25, 0.3) is 0 Å². The molecule has 0 aromatic heterocycles. The Morgan fingerprint density at radius 1 is 1.33 bits per heavy atom. The van der Waals surface area contributed by atoms with Crippen molar-refractivity contribution in [3.05, 3.63) is 34.3 Å². The van der Waals surface area contributed by atoms with Crippen molar-refractivity contribution in [3.8, 4) is 0 Å². The van der Waals surface area contributed by atoms with E-state index in [-0.39, 0.29) is 23.7 Å². The van der Waals surface area contributed by atoms with Gasteiger partial charge in [0.05, 0.1) is 5.41 Å². The number of halogens is 2. The molecule has 2 unspecified atom stereocenters. The topological polar surface area (TPSA) is 41.1 Å². The lowest BCUT2D eigenvalue weighted by atomic mass is 9.93. The summed E-state index contributed by atoms with van der Waals surface area (Å²) in [6.45, 7) is 3.18. The number of carbonyl (C=O) groups excluding carboxylic acids is 1. The highest BCUT2D eigenvalue weighted by atomic mass is 79.9. The summed E-state index contributed by atoms with van der Waals surface area (Å²) >= 11 is 3.45. The number of carbonyl (C=O) groups is 1. The molecule has 2 N–H and O–H groups in total. The summed E-state index contributed by atoms with van der Waals surface area (Å²) in [6.07, 6.45) is 4.01. The predicted octanol–water partition coefficient (Wildman–Crippen LogP) is 3.16. The molecule has 1 heterocycles. The maximum atomic E-state index is 12.6. The van der Waals surface area contributed by atoms with Crippen LogP contribution in [0.2, 0.25) is 0 Å². The van der Waals surface area contributed by atoms with Crippen LogP contribution in [0.1, 0.15) is 38.2 Å². The van der Waals surface area contributed by atoms with Gasteiger partial charge < -0.3 is 10.6 Å². The van der Waals surface area contributed by atoms with Crippen LogP contribution in [-0.4, -0.2) is 24.5 Å². The van der Waals surface area contributed by atoms with E-state index in [4.69, 9.17) is 0 Å². The first-order valence-corrected chi connectivity index (χ1v) is 8.20. The smallest absolute Gasteiger partial charge is 0.230 e. The third-order valence-electron chi connectivity index (χ3n) is 4.54. The van der Waals surface area contributed by atoms with Crippen LogP contribution in [0.15, 0.2) is 28.7 Å². The first-order valence-electron chi connectivity index (χ1n) is 7.40. The zero-order chi connectivity index (χ0) is 14.2. The van der Waals surface area contributed by atoms with Gasteiger partial charge in [-0.2, -0.15) is 0 Å². The minimum absolute atomic E-state index is 0. The van der Waals surface area contributed by atoms with E-state index in [1.165, 1.54) is 0 Å². The van der Waals surface area contributed by atoms with Crippen LogP contribution in [0.25, 0.3) is 0 Å². The number of hydrogen-bond donors (Lipinski definition) is 2. The largest absolute Gasteiger partial charge is 0.352 e. The Hall–Kier alpha value is -0.580. The molecule has 2 aliphatic rings. The van der Waals surface area contributed by atoms with Gasteiger partial charge in [-0.25, -0.2) is 0 Å². The van der Waals surface area contributed by atoms with Gasteiger partial charge in [-0.15, -0.1) is 12.4 Å². The summed E-state index contributed by atoms with van der Waals surface area (Å²) in [5.74, 6) is 0.221. The van der Waals surface area contributed by atoms with Gasteiger partial charge in [0.1, 0.15) is 0 Å². The number of rotatable bonds is 3. The molecule has 1 amide bonds. The second kappa shape index (κ2) is 6.67. The van der Waals surface area contributed by atoms with Crippen LogP contribution in [-0.2, 0) is 10.2 Å². The predicted molar refractivity (Wildman–Crippen MR) is 90.9 cm³/mol. The Bertz CT molecular complexity index is 502. The SMILES string of the molecule is CC1CC(NC(=O)C2(c3ccc(Br)cc3)CC2)CCN1.Cl. The van der Waals surface area contributed by atoms with Crippen LogP contribution in [0.4, 0.5) is 0 Å². The molecule has 1 aromatic rings. The fourth-order valence-electron chi connectivity index (χ4n) is 3.13. The highest BCUT2D eigenvalue weighted by Gasteiger charge is 2.51. The van der Waals surface area contributed by atoms with Crippen LogP contribution in [0.3, 0.4) is 0 Å². The van der Waals surface area contributed by atoms with E-state index < -0.39 is 0 Å². The maximum absolute atomic E-state index is 12.6. The summed E-state index contributed by atoms with van der Waals surface area (Å²) < 4.78 is 1.06. The molecule has 1 aliphatic heterocycles. The minimum atomic E-state index is -0.255. The molecule has 2 fully saturated rings. The highest BCUT2D eigenvalue weighted by Crippen LogP contribution is 2.48. The molecule has 1 aromatic carbocycles. The lowest BCUT2D eigenvalue weighted by Gasteiger charge is -2.30. The summed E-state index contributed by atoms with van der Waals surface area (Å²) in [4.78, 5) is 12.6. The van der Waals surface area contributed by atoms with Crippen LogP contribution in [0.5, 0.6) is 0 Å². The van der Waals surface area contributed by atoms with Gasteiger partial charge in [0, 0.05) is 16.6 Å². The van der Waals surface area contributed by atoms with Gasteiger partial charge >= 0.3 is 0 Å². The van der Waals surface area contributed by atoms with Crippen molar-refractivity contribution in [3.63, 3.8) is 0 Å². The first kappa shape index (κ1) is 16.8. The molecule has 5 heteroatoms. The highest BCUT2D eigenvalue weighted by molar-refractivity contribution is 9.10. The quantitative estimate of drug-likeness (QED) is 0.854. The van der Waals surface area contributed by atoms with Crippen molar-refractivity contribution in [2.45, 2.75) is 50.1 Å². The second-order valence-electron chi connectivity index (χ2n) is 6.14. The van der Waals surface area contributed by atoms with Gasteiger partial charge in [0.2, 0.25) is 5.91 Å². The van der Waals surface area contributed by atoms with Crippen molar-refractivity contribution in [1.82, 2.24) is 10.6 Å². The summed E-state index contributed by atoms with van der Waals surface area (Å²) in [5.41, 5.74) is 0.898. The zero-order valence-electron chi connectivity index (χ0n) is 12.2. The first-order chi connectivity index (χ1) is 9.60. The third-order valence-corrected chi connectivity index (χ3v) is 5.07. The number of benzene rings is 1. The fraction of sp³-hybridized carbons (Fsp3) is 0.562. The Balaban J connectivity index is 0.00000161. The number of nitrogens with one attached hydrogen (secondary N) is 2. The van der Waals surface area contributed by atoms with Gasteiger partial charge in [-0.1, -0.05) is 28.1 Å². The molecule has 116 valence electrons. The molecule has 1 saturated heterocycles. The molecule has 3 nitrogen and oxygen atoms in total. The van der Waals surface area contributed by atoms with E-state index >= 15 is 0 Å². The number of piperidine rings is 1. The molecule has 0 bridgehead atoms. The van der Waals surface area contributed by atoms with E-state index in [0.717, 1.165) is 42.3 Å². The van der Waals surface area contributed by atoms with E-state index in [0.29, 0.717) is 12.1 Å². The van der Waals surface area contributed by atoms with Crippen LogP contribution >= 0.6 is 28.3 Å². The molecule has 1 aliphatic carbocycles. The Morgan fingerprint density at radius 2 is 2.00 bits per heavy atom. The number of amides is 1. The minimum Gasteiger partial charge on any atom is -0.352 e. The molecular weight excluding hydrogens is 352 g/mol. The van der Waals surface area contributed by atoms with Gasteiger partial charge in [-0.05, 0) is 56.8 Å². The molecule has 3 rings (SSSR count). The molecule has 1 saturated carbocycles. The molecule has 2 atom stereocenters. The molecular formula is C16H22BrClN2O. The van der Waals surface area contributed by atoms with E-state index in [1.807, 2.05) is 12.1 Å². The van der Waals surface area contributed by atoms with Crippen molar-refractivity contribution >= 4 is 34.2 Å². The summed E-state index contributed by atoms with van der Waals surface area (Å²) in [6, 6.07) is 9.01. The normalized spacial score (nSPS) is 26.6. The second-order valence-corrected chi connectivity index (χ2v) is 7.05. The average Bonchev–Trinajstić information content (AvgIpc) is 3.21. The monoisotopic (exact) mass is 372 g/mol. The van der Waals surface area contributed by atoms with E-state index in [9.17, 15) is 4.79 Å². The third kappa shape index (κ3) is 3.61. The van der Waals surface area contributed by atoms with Crippen molar-refractivity contribution in [2.75, 3.05) is 6.54 Å². The zero-order valence-corrected chi connectivity index (χ0v) is 14.6. The van der Waals surface area contributed by atoms with Crippen molar-refractivity contribution in [2.24, 2.45) is 0 Å². The average molecular weight is 374 g/mol. The van der Waals surface area contributed by atoms with Gasteiger partial charge in [0.15, 0.2) is 0 Å². The van der Waals surface area contributed by atoms with Crippen LogP contribution < -0.4 is 10.6 Å². The van der Waals surface area contributed by atoms with Gasteiger partial charge in [-0.3, -0.25) is 4.79 Å². The van der Waals surface area contributed by atoms with E-state index in [2.05, 4.69) is 45.6 Å². The van der Waals surface area contributed by atoms with Crippen molar-refractivity contribution < 1.29 is 4.79 Å². The standard InChI is InChI=1S/C16H21BrN2O.ClH/c1-11-10-14(6-9-18-11)19-15(20)16(7-8-16)12-2-4-13(17)5-3-12;/h2-5,11,14,18H,6-10H2,1H3,(H,19,20);1H. The Morgan fingerprint density at radius 3 is 2.57 bits per heavy atom. The summed E-state index contributed by atoms with van der Waals surface area (Å²) in [5, 5.41) is 6.70. The van der Waals surface area contributed by atoms with Crippen molar-refractivity contribution in [1.29, 1.82) is 0 Å². The van der Waals surface area contributed by atoms with Crippen LogP contribution in [0, 0.1) is 0 Å². The lowest BCUT2D eigenvalue weighted by Crippen LogP contribution is -2.49. The Labute approximate surface area is 140 Å². The number of hydrogen-bond acceptors (Lipinski definition) is 2. The summed E-state index contributed by atoms with van der Waals surface area (Å²) in [7, 11) is 0.